The van der Waals surface area contributed by atoms with Crippen molar-refractivity contribution in [3.05, 3.63) is 65.9 Å². The van der Waals surface area contributed by atoms with E-state index in [9.17, 15) is 0 Å². The Morgan fingerprint density at radius 1 is 1.00 bits per heavy atom. The topological polar surface area (TPSA) is 77.3 Å². The molecule has 21 heavy (non-hydrogen) atoms. The molecular weight excluding hydrogens is 260 g/mol. The first-order valence-corrected chi connectivity index (χ1v) is 6.71. The van der Waals surface area contributed by atoms with Crippen molar-refractivity contribution in [1.29, 1.82) is 0 Å². The molecule has 0 atom stereocenters. The molecule has 104 valence electrons. The van der Waals surface area contributed by atoms with Gasteiger partial charge in [-0.2, -0.15) is 5.10 Å². The predicted molar refractivity (Wildman–Crippen MR) is 86.8 cm³/mol. The second kappa shape index (κ2) is 5.25. The zero-order chi connectivity index (χ0) is 14.8. The van der Waals surface area contributed by atoms with E-state index < -0.39 is 0 Å². The Hall–Kier alpha value is -2.88. The van der Waals surface area contributed by atoms with Crippen LogP contribution in [0.15, 0.2) is 59.7 Å². The summed E-state index contributed by atoms with van der Waals surface area (Å²) in [7, 11) is 0. The van der Waals surface area contributed by atoms with Gasteiger partial charge in [-0.1, -0.05) is 48.5 Å². The van der Waals surface area contributed by atoms with Gasteiger partial charge in [0, 0.05) is 22.2 Å². The first-order chi connectivity index (χ1) is 10.2. The molecule has 1 aromatic heterocycles. The van der Waals surface area contributed by atoms with Gasteiger partial charge in [-0.3, -0.25) is 4.98 Å². The van der Waals surface area contributed by atoms with Gasteiger partial charge in [0.05, 0.1) is 5.52 Å². The zero-order valence-corrected chi connectivity index (χ0v) is 11.7. The minimum atomic E-state index is 0.296. The quantitative estimate of drug-likeness (QED) is 0.327. The van der Waals surface area contributed by atoms with E-state index in [4.69, 9.17) is 11.6 Å². The number of fused-ring (bicyclic) bond motifs is 1. The van der Waals surface area contributed by atoms with Gasteiger partial charge in [-0.25, -0.2) is 0 Å². The van der Waals surface area contributed by atoms with Gasteiger partial charge >= 0.3 is 0 Å². The van der Waals surface area contributed by atoms with Crippen molar-refractivity contribution in [2.75, 3.05) is 0 Å². The van der Waals surface area contributed by atoms with E-state index in [0.717, 1.165) is 33.3 Å². The van der Waals surface area contributed by atoms with Crippen molar-refractivity contribution in [2.45, 2.75) is 6.92 Å². The summed E-state index contributed by atoms with van der Waals surface area (Å²) in [4.78, 5) is 4.61. The molecule has 0 amide bonds. The fourth-order valence-electron chi connectivity index (χ4n) is 2.62. The van der Waals surface area contributed by atoms with Crippen molar-refractivity contribution >= 4 is 16.7 Å². The van der Waals surface area contributed by atoms with Crippen molar-refractivity contribution in [3.8, 4) is 11.1 Å². The number of hydrogen-bond acceptors (Lipinski definition) is 3. The van der Waals surface area contributed by atoms with Crippen LogP contribution in [0.25, 0.3) is 22.0 Å². The second-order valence-corrected chi connectivity index (χ2v) is 4.84. The summed E-state index contributed by atoms with van der Waals surface area (Å²) < 4.78 is 0. The lowest BCUT2D eigenvalue weighted by Crippen LogP contribution is -2.19. The highest BCUT2D eigenvalue weighted by Gasteiger charge is 2.16. The lowest BCUT2D eigenvalue weighted by Gasteiger charge is -2.15. The molecule has 0 bridgehead atoms. The maximum absolute atomic E-state index is 6.01. The Morgan fingerprint density at radius 2 is 1.67 bits per heavy atom. The number of para-hydroxylation sites is 1. The summed E-state index contributed by atoms with van der Waals surface area (Å²) in [6, 6.07) is 18.1. The number of amidine groups is 1. The lowest BCUT2D eigenvalue weighted by atomic mass is 9.94. The summed E-state index contributed by atoms with van der Waals surface area (Å²) in [6.07, 6.45) is 0. The predicted octanol–water partition coefficient (Wildman–Crippen LogP) is 2.79. The SMILES string of the molecule is Cc1nc2ccccc2c(-c2ccccc2)c1/C(N)=N/N. The van der Waals surface area contributed by atoms with E-state index in [-0.39, 0.29) is 0 Å². The molecule has 0 spiro atoms. The third kappa shape index (κ3) is 2.21. The fourth-order valence-corrected chi connectivity index (χ4v) is 2.62. The molecule has 3 rings (SSSR count). The number of aryl methyl sites for hydroxylation is 1. The molecule has 4 heteroatoms. The average molecular weight is 276 g/mol. The van der Waals surface area contributed by atoms with Crippen molar-refractivity contribution < 1.29 is 0 Å². The summed E-state index contributed by atoms with van der Waals surface area (Å²) in [5.74, 6) is 5.70. The third-order valence-corrected chi connectivity index (χ3v) is 3.53. The molecule has 0 aliphatic carbocycles. The molecule has 0 aliphatic heterocycles. The molecule has 3 aromatic rings. The van der Waals surface area contributed by atoms with Crippen LogP contribution in [0.5, 0.6) is 0 Å². The van der Waals surface area contributed by atoms with Crippen LogP contribution in [0.2, 0.25) is 0 Å². The summed E-state index contributed by atoms with van der Waals surface area (Å²) >= 11 is 0. The molecule has 0 saturated carbocycles. The molecule has 1 heterocycles. The molecule has 4 nitrogen and oxygen atoms in total. The van der Waals surface area contributed by atoms with Crippen LogP contribution in [0.3, 0.4) is 0 Å². The Bertz CT molecular complexity index is 823. The molecule has 0 saturated heterocycles. The summed E-state index contributed by atoms with van der Waals surface area (Å²) in [5.41, 5.74) is 10.6. The molecular formula is C17H16N4. The van der Waals surface area contributed by atoms with Crippen LogP contribution in [-0.4, -0.2) is 10.8 Å². The minimum Gasteiger partial charge on any atom is -0.382 e. The summed E-state index contributed by atoms with van der Waals surface area (Å²) in [5, 5.41) is 4.70. The Balaban J connectivity index is 2.48. The highest BCUT2D eigenvalue weighted by Crippen LogP contribution is 2.32. The van der Waals surface area contributed by atoms with Gasteiger partial charge < -0.3 is 11.6 Å². The molecule has 2 aromatic carbocycles. The standard InChI is InChI=1S/C17H16N4/c1-11-15(17(18)21-19)16(12-7-3-2-4-8-12)13-9-5-6-10-14(13)20-11/h2-10H,19H2,1H3,(H2,18,21). The van der Waals surface area contributed by atoms with Crippen LogP contribution in [-0.2, 0) is 0 Å². The van der Waals surface area contributed by atoms with Gasteiger partial charge in [0.25, 0.3) is 0 Å². The molecule has 0 radical (unpaired) electrons. The highest BCUT2D eigenvalue weighted by molar-refractivity contribution is 6.11. The minimum absolute atomic E-state index is 0.296. The third-order valence-electron chi connectivity index (χ3n) is 3.53. The molecule has 0 unspecified atom stereocenters. The normalized spacial score (nSPS) is 11.8. The van der Waals surface area contributed by atoms with Crippen molar-refractivity contribution in [3.63, 3.8) is 0 Å². The van der Waals surface area contributed by atoms with Crippen LogP contribution in [0.4, 0.5) is 0 Å². The van der Waals surface area contributed by atoms with E-state index in [2.05, 4.69) is 22.2 Å². The maximum atomic E-state index is 6.01. The number of benzene rings is 2. The number of hydrogen-bond donors (Lipinski definition) is 2. The maximum Gasteiger partial charge on any atom is 0.152 e. The van der Waals surface area contributed by atoms with Gasteiger partial charge in [-0.15, -0.1) is 0 Å². The number of rotatable bonds is 2. The van der Waals surface area contributed by atoms with Crippen molar-refractivity contribution in [2.24, 2.45) is 16.7 Å². The van der Waals surface area contributed by atoms with Crippen LogP contribution < -0.4 is 11.6 Å². The fraction of sp³-hybridized carbons (Fsp3) is 0.0588. The van der Waals surface area contributed by atoms with Gasteiger partial charge in [0.2, 0.25) is 0 Å². The Kier molecular flexibility index (Phi) is 3.28. The zero-order valence-electron chi connectivity index (χ0n) is 11.7. The Morgan fingerprint density at radius 3 is 2.38 bits per heavy atom. The number of nitrogens with zero attached hydrogens (tertiary/aromatic N) is 2. The van der Waals surface area contributed by atoms with Gasteiger partial charge in [0.1, 0.15) is 0 Å². The van der Waals surface area contributed by atoms with Gasteiger partial charge in [-0.05, 0) is 18.6 Å². The summed E-state index contributed by atoms with van der Waals surface area (Å²) in [6.45, 7) is 1.92. The second-order valence-electron chi connectivity index (χ2n) is 4.84. The number of pyridine rings is 1. The van der Waals surface area contributed by atoms with Crippen LogP contribution in [0.1, 0.15) is 11.3 Å². The van der Waals surface area contributed by atoms with E-state index in [1.54, 1.807) is 0 Å². The first-order valence-electron chi connectivity index (χ1n) is 6.71. The van der Waals surface area contributed by atoms with E-state index in [0.29, 0.717) is 5.84 Å². The van der Waals surface area contributed by atoms with E-state index >= 15 is 0 Å². The van der Waals surface area contributed by atoms with E-state index in [1.165, 1.54) is 0 Å². The van der Waals surface area contributed by atoms with Gasteiger partial charge in [0.15, 0.2) is 5.84 Å². The average Bonchev–Trinajstić information content (AvgIpc) is 2.53. The number of hydrazone groups is 1. The smallest absolute Gasteiger partial charge is 0.152 e. The van der Waals surface area contributed by atoms with Crippen LogP contribution >= 0.6 is 0 Å². The largest absolute Gasteiger partial charge is 0.382 e. The van der Waals surface area contributed by atoms with E-state index in [1.807, 2.05) is 49.4 Å². The number of aromatic nitrogens is 1. The lowest BCUT2D eigenvalue weighted by molar-refractivity contribution is 1.19. The van der Waals surface area contributed by atoms with Crippen molar-refractivity contribution in [1.82, 2.24) is 4.98 Å². The molecule has 4 N–H and O–H groups in total. The Labute approximate surface area is 123 Å². The highest BCUT2D eigenvalue weighted by atomic mass is 15.2. The number of nitrogens with two attached hydrogens (primary N) is 2. The molecule has 0 aliphatic rings. The monoisotopic (exact) mass is 276 g/mol. The molecule has 0 fully saturated rings. The first kappa shape index (κ1) is 13.1. The van der Waals surface area contributed by atoms with Crippen LogP contribution in [0, 0.1) is 6.92 Å².